The summed E-state index contributed by atoms with van der Waals surface area (Å²) < 4.78 is 13.8. The molecule has 2 saturated heterocycles. The van der Waals surface area contributed by atoms with Gasteiger partial charge in [-0.3, -0.25) is 19.6 Å². The van der Waals surface area contributed by atoms with E-state index in [4.69, 9.17) is 0 Å². The molecule has 1 unspecified atom stereocenters. The summed E-state index contributed by atoms with van der Waals surface area (Å²) in [6, 6.07) is 11.1. The van der Waals surface area contributed by atoms with Gasteiger partial charge >= 0.3 is 5.97 Å². The number of piperidine rings is 1. The van der Waals surface area contributed by atoms with E-state index in [1.807, 2.05) is 31.2 Å². The molecule has 1 aromatic carbocycles. The number of nitrogens with zero attached hydrogens (tertiary/aromatic N) is 3. The summed E-state index contributed by atoms with van der Waals surface area (Å²) in [5.74, 6) is -1.20. The van der Waals surface area contributed by atoms with Gasteiger partial charge in [-0.1, -0.05) is 18.2 Å². The van der Waals surface area contributed by atoms with Crippen LogP contribution in [0.2, 0.25) is 0 Å². The van der Waals surface area contributed by atoms with E-state index in [-0.39, 0.29) is 17.2 Å². The normalized spacial score (nSPS) is 22.2. The Labute approximate surface area is 171 Å². The Morgan fingerprint density at radius 2 is 1.97 bits per heavy atom. The Morgan fingerprint density at radius 1 is 1.17 bits per heavy atom. The molecule has 0 bridgehead atoms. The smallest absolute Gasteiger partial charge is 0.308 e. The van der Waals surface area contributed by atoms with Gasteiger partial charge in [0.1, 0.15) is 5.82 Å². The second-order valence-corrected chi connectivity index (χ2v) is 8.54. The molecule has 0 aliphatic carbocycles. The number of aromatic nitrogens is 1. The van der Waals surface area contributed by atoms with Gasteiger partial charge in [0.25, 0.3) is 0 Å². The fraction of sp³-hybridized carbons (Fsp3) is 0.478. The summed E-state index contributed by atoms with van der Waals surface area (Å²) in [6.45, 7) is 6.30. The lowest BCUT2D eigenvalue weighted by Gasteiger charge is -2.41. The van der Waals surface area contributed by atoms with Crippen LogP contribution in [0.1, 0.15) is 29.7 Å². The summed E-state index contributed by atoms with van der Waals surface area (Å²) >= 11 is 0. The van der Waals surface area contributed by atoms with Gasteiger partial charge in [-0.25, -0.2) is 4.39 Å². The third-order valence-electron chi connectivity index (χ3n) is 6.75. The Balaban J connectivity index is 1.42. The molecule has 6 heteroatoms. The molecule has 2 aliphatic rings. The van der Waals surface area contributed by atoms with Crippen LogP contribution in [0.3, 0.4) is 0 Å². The molecule has 0 radical (unpaired) electrons. The van der Waals surface area contributed by atoms with Crippen molar-refractivity contribution in [3.8, 4) is 0 Å². The lowest BCUT2D eigenvalue weighted by Crippen LogP contribution is -2.45. The highest BCUT2D eigenvalue weighted by Gasteiger charge is 2.51. The van der Waals surface area contributed by atoms with Crippen molar-refractivity contribution in [1.82, 2.24) is 14.8 Å². The Hall–Kier alpha value is -2.31. The average molecular weight is 397 g/mol. The zero-order valence-corrected chi connectivity index (χ0v) is 16.9. The van der Waals surface area contributed by atoms with E-state index in [1.165, 1.54) is 6.07 Å². The minimum atomic E-state index is -0.692. The number of aliphatic carboxylic acids is 1. The van der Waals surface area contributed by atoms with Crippen LogP contribution >= 0.6 is 0 Å². The van der Waals surface area contributed by atoms with E-state index in [2.05, 4.69) is 14.8 Å². The van der Waals surface area contributed by atoms with Crippen LogP contribution in [-0.2, 0) is 17.9 Å². The van der Waals surface area contributed by atoms with Crippen LogP contribution in [0.4, 0.5) is 4.39 Å². The summed E-state index contributed by atoms with van der Waals surface area (Å²) in [6.07, 6.45) is 3.50. The van der Waals surface area contributed by atoms with Crippen molar-refractivity contribution in [3.63, 3.8) is 0 Å². The molecule has 1 spiro atoms. The molecule has 5 nitrogen and oxygen atoms in total. The van der Waals surface area contributed by atoms with Gasteiger partial charge in [0, 0.05) is 37.8 Å². The molecule has 29 heavy (non-hydrogen) atoms. The monoisotopic (exact) mass is 397 g/mol. The number of halogens is 1. The quantitative estimate of drug-likeness (QED) is 0.839. The second kappa shape index (κ2) is 8.20. The van der Waals surface area contributed by atoms with Gasteiger partial charge in [0.15, 0.2) is 0 Å². The van der Waals surface area contributed by atoms with E-state index in [1.54, 1.807) is 12.3 Å². The van der Waals surface area contributed by atoms with Crippen molar-refractivity contribution in [2.45, 2.75) is 32.9 Å². The molecule has 3 heterocycles. The number of benzene rings is 1. The van der Waals surface area contributed by atoms with Gasteiger partial charge < -0.3 is 5.11 Å². The zero-order chi connectivity index (χ0) is 20.4. The minimum absolute atomic E-state index is 0.164. The third-order valence-corrected chi connectivity index (χ3v) is 6.75. The molecular formula is C23H28FN3O2. The van der Waals surface area contributed by atoms with Crippen LogP contribution in [0, 0.1) is 24.1 Å². The highest BCUT2D eigenvalue weighted by atomic mass is 19.1. The van der Waals surface area contributed by atoms with Crippen LogP contribution < -0.4 is 0 Å². The molecule has 2 aromatic rings. The summed E-state index contributed by atoms with van der Waals surface area (Å²) in [5.41, 5.74) is 2.51. The molecule has 1 atom stereocenters. The first-order valence-electron chi connectivity index (χ1n) is 10.3. The largest absolute Gasteiger partial charge is 0.481 e. The highest BCUT2D eigenvalue weighted by Crippen LogP contribution is 2.45. The molecule has 4 rings (SSSR count). The standard InChI is InChI=1S/C23H28FN3O2/c1-17-18(5-4-7-21(17)24)13-26-11-8-23(9-12-26)16-27(15-20(23)22(28)29)14-19-6-2-3-10-25-19/h2-7,10,20H,8-9,11-16H2,1H3,(H,28,29). The van der Waals surface area contributed by atoms with Crippen molar-refractivity contribution in [2.75, 3.05) is 26.2 Å². The van der Waals surface area contributed by atoms with Crippen molar-refractivity contribution >= 4 is 5.97 Å². The number of carboxylic acids is 1. The molecule has 2 aliphatic heterocycles. The number of carboxylic acid groups (broad SMARTS) is 1. The van der Waals surface area contributed by atoms with Gasteiger partial charge in [0.05, 0.1) is 11.6 Å². The topological polar surface area (TPSA) is 56.7 Å². The summed E-state index contributed by atoms with van der Waals surface area (Å²) in [7, 11) is 0. The van der Waals surface area contributed by atoms with Crippen molar-refractivity contribution in [1.29, 1.82) is 0 Å². The maximum atomic E-state index is 13.8. The lowest BCUT2D eigenvalue weighted by atomic mass is 9.71. The number of carbonyl (C=O) groups is 1. The highest BCUT2D eigenvalue weighted by molar-refractivity contribution is 5.72. The van der Waals surface area contributed by atoms with Crippen molar-refractivity contribution in [2.24, 2.45) is 11.3 Å². The first-order chi connectivity index (χ1) is 14.0. The number of hydrogen-bond acceptors (Lipinski definition) is 4. The predicted molar refractivity (Wildman–Crippen MR) is 109 cm³/mol. The number of rotatable bonds is 5. The molecule has 1 N–H and O–H groups in total. The molecule has 0 amide bonds. The van der Waals surface area contributed by atoms with Gasteiger partial charge in [-0.15, -0.1) is 0 Å². The molecule has 154 valence electrons. The van der Waals surface area contributed by atoms with Crippen molar-refractivity contribution in [3.05, 3.63) is 65.2 Å². The number of hydrogen-bond donors (Lipinski definition) is 1. The summed E-state index contributed by atoms with van der Waals surface area (Å²) in [5, 5.41) is 9.89. The zero-order valence-electron chi connectivity index (χ0n) is 16.9. The average Bonchev–Trinajstić information content (AvgIpc) is 3.06. The Bertz CT molecular complexity index is 866. The van der Waals surface area contributed by atoms with Crippen molar-refractivity contribution < 1.29 is 14.3 Å². The second-order valence-electron chi connectivity index (χ2n) is 8.54. The first-order valence-corrected chi connectivity index (χ1v) is 10.3. The fourth-order valence-electron chi connectivity index (χ4n) is 4.98. The third kappa shape index (κ3) is 4.19. The van der Waals surface area contributed by atoms with E-state index in [0.717, 1.165) is 50.3 Å². The predicted octanol–water partition coefficient (Wildman–Crippen LogP) is 3.33. The molecule has 0 saturated carbocycles. The number of likely N-dealkylation sites (tertiary alicyclic amines) is 2. The van der Waals surface area contributed by atoms with Crippen LogP contribution in [-0.4, -0.2) is 52.0 Å². The van der Waals surface area contributed by atoms with E-state index >= 15 is 0 Å². The Kier molecular flexibility index (Phi) is 5.65. The van der Waals surface area contributed by atoms with Crippen LogP contribution in [0.25, 0.3) is 0 Å². The molecular weight excluding hydrogens is 369 g/mol. The van der Waals surface area contributed by atoms with Gasteiger partial charge in [-0.05, 0) is 62.2 Å². The minimum Gasteiger partial charge on any atom is -0.481 e. The van der Waals surface area contributed by atoms with Gasteiger partial charge in [0.2, 0.25) is 0 Å². The van der Waals surface area contributed by atoms with E-state index in [0.29, 0.717) is 18.7 Å². The maximum absolute atomic E-state index is 13.8. The van der Waals surface area contributed by atoms with Crippen LogP contribution in [0.5, 0.6) is 0 Å². The SMILES string of the molecule is Cc1c(F)cccc1CN1CCC2(CC1)CN(Cc1ccccn1)CC2C(=O)O. The lowest BCUT2D eigenvalue weighted by molar-refractivity contribution is -0.146. The summed E-state index contributed by atoms with van der Waals surface area (Å²) in [4.78, 5) is 21.0. The Morgan fingerprint density at radius 3 is 2.66 bits per heavy atom. The molecule has 1 aromatic heterocycles. The van der Waals surface area contributed by atoms with Gasteiger partial charge in [-0.2, -0.15) is 0 Å². The van der Waals surface area contributed by atoms with E-state index in [9.17, 15) is 14.3 Å². The fourth-order valence-corrected chi connectivity index (χ4v) is 4.98. The number of pyridine rings is 1. The van der Waals surface area contributed by atoms with E-state index < -0.39 is 5.97 Å². The maximum Gasteiger partial charge on any atom is 0.308 e. The molecule has 2 fully saturated rings. The first kappa shape index (κ1) is 20.0. The van der Waals surface area contributed by atoms with Crippen LogP contribution in [0.15, 0.2) is 42.6 Å².